The highest BCUT2D eigenvalue weighted by atomic mass is 16.2. The van der Waals surface area contributed by atoms with Crippen LogP contribution in [0.2, 0.25) is 0 Å². The average molecular weight is 208 g/mol. The first-order valence-electron chi connectivity index (χ1n) is 5.98. The number of nitrogens with zero attached hydrogens (tertiary/aromatic N) is 2. The van der Waals surface area contributed by atoms with Gasteiger partial charge in [0.25, 0.3) is 0 Å². The third-order valence-corrected chi connectivity index (χ3v) is 3.37. The van der Waals surface area contributed by atoms with E-state index in [-0.39, 0.29) is 6.03 Å². The molecule has 15 heavy (non-hydrogen) atoms. The van der Waals surface area contributed by atoms with E-state index in [0.29, 0.717) is 0 Å². The third kappa shape index (κ3) is 2.52. The number of urea groups is 1. The van der Waals surface area contributed by atoms with Crippen molar-refractivity contribution in [3.63, 3.8) is 0 Å². The molecule has 0 unspecified atom stereocenters. The van der Waals surface area contributed by atoms with Crippen molar-refractivity contribution in [3.8, 4) is 0 Å². The Hall–Kier alpha value is -0.990. The van der Waals surface area contributed by atoms with Crippen molar-refractivity contribution in [2.45, 2.75) is 32.1 Å². The van der Waals surface area contributed by atoms with E-state index in [1.54, 1.807) is 0 Å². The smallest absolute Gasteiger partial charge is 0.320 e. The molecule has 2 amide bonds. The van der Waals surface area contributed by atoms with Gasteiger partial charge in [-0.15, -0.1) is 0 Å². The van der Waals surface area contributed by atoms with Crippen molar-refractivity contribution >= 4 is 6.03 Å². The fourth-order valence-corrected chi connectivity index (χ4v) is 2.30. The van der Waals surface area contributed by atoms with Crippen molar-refractivity contribution in [1.29, 1.82) is 0 Å². The molecule has 0 aliphatic carbocycles. The van der Waals surface area contributed by atoms with Gasteiger partial charge in [0.2, 0.25) is 0 Å². The zero-order chi connectivity index (χ0) is 10.7. The van der Waals surface area contributed by atoms with Crippen molar-refractivity contribution in [2.75, 3.05) is 26.2 Å². The highest BCUT2D eigenvalue weighted by Crippen LogP contribution is 2.17. The van der Waals surface area contributed by atoms with Gasteiger partial charge in [-0.25, -0.2) is 4.79 Å². The second-order valence-corrected chi connectivity index (χ2v) is 4.57. The fraction of sp³-hybridized carbons (Fsp3) is 0.750. The maximum atomic E-state index is 12.1. The number of piperidine rings is 2. The van der Waals surface area contributed by atoms with Crippen LogP contribution in [-0.4, -0.2) is 42.0 Å². The lowest BCUT2D eigenvalue weighted by atomic mass is 10.1. The summed E-state index contributed by atoms with van der Waals surface area (Å²) in [6, 6.07) is 0.252. The van der Waals surface area contributed by atoms with Crippen LogP contribution in [0.1, 0.15) is 32.1 Å². The van der Waals surface area contributed by atoms with Gasteiger partial charge < -0.3 is 9.80 Å². The van der Waals surface area contributed by atoms with Crippen molar-refractivity contribution < 1.29 is 4.79 Å². The van der Waals surface area contributed by atoms with E-state index >= 15 is 0 Å². The summed E-state index contributed by atoms with van der Waals surface area (Å²) in [6.07, 6.45) is 5.60. The molecule has 0 N–H and O–H groups in total. The number of likely N-dealkylation sites (tertiary alicyclic amines) is 2. The largest absolute Gasteiger partial charge is 0.325 e. The zero-order valence-corrected chi connectivity index (χ0v) is 9.37. The zero-order valence-electron chi connectivity index (χ0n) is 9.37. The van der Waals surface area contributed by atoms with Crippen molar-refractivity contribution in [1.82, 2.24) is 9.80 Å². The number of amides is 2. The van der Waals surface area contributed by atoms with E-state index in [0.717, 1.165) is 39.0 Å². The number of hydrogen-bond acceptors (Lipinski definition) is 1. The molecule has 0 aromatic rings. The highest BCUT2D eigenvalue weighted by molar-refractivity contribution is 5.74. The molecule has 2 saturated heterocycles. The Labute approximate surface area is 91.7 Å². The van der Waals surface area contributed by atoms with Gasteiger partial charge in [0.1, 0.15) is 0 Å². The maximum Gasteiger partial charge on any atom is 0.320 e. The maximum absolute atomic E-state index is 12.1. The average Bonchev–Trinajstić information content (AvgIpc) is 2.30. The molecule has 3 heteroatoms. The minimum Gasteiger partial charge on any atom is -0.325 e. The summed E-state index contributed by atoms with van der Waals surface area (Å²) >= 11 is 0. The van der Waals surface area contributed by atoms with Gasteiger partial charge in [-0.1, -0.05) is 12.2 Å². The van der Waals surface area contributed by atoms with Gasteiger partial charge in [-0.3, -0.25) is 0 Å². The van der Waals surface area contributed by atoms with Crippen LogP contribution >= 0.6 is 0 Å². The highest BCUT2D eigenvalue weighted by Gasteiger charge is 2.24. The monoisotopic (exact) mass is 208 g/mol. The van der Waals surface area contributed by atoms with Gasteiger partial charge in [0.05, 0.1) is 0 Å². The summed E-state index contributed by atoms with van der Waals surface area (Å²) in [4.78, 5) is 16.1. The van der Waals surface area contributed by atoms with E-state index in [9.17, 15) is 4.79 Å². The minimum atomic E-state index is 0.252. The number of carbonyl (C=O) groups is 1. The standard InChI is InChI=1S/C12H20N2O/c1-11-5-9-14(10-6-11)12(15)13-7-3-2-4-8-13/h1-10H2. The fourth-order valence-electron chi connectivity index (χ4n) is 2.30. The van der Waals surface area contributed by atoms with Crippen LogP contribution in [0.3, 0.4) is 0 Å². The molecule has 2 aliphatic heterocycles. The molecule has 84 valence electrons. The topological polar surface area (TPSA) is 23.6 Å². The first-order valence-corrected chi connectivity index (χ1v) is 5.98. The van der Waals surface area contributed by atoms with Crippen LogP contribution in [0.15, 0.2) is 12.2 Å². The molecule has 3 nitrogen and oxygen atoms in total. The summed E-state index contributed by atoms with van der Waals surface area (Å²) < 4.78 is 0. The summed E-state index contributed by atoms with van der Waals surface area (Å²) in [5.41, 5.74) is 1.29. The lowest BCUT2D eigenvalue weighted by Gasteiger charge is -2.35. The molecule has 0 bridgehead atoms. The second-order valence-electron chi connectivity index (χ2n) is 4.57. The first-order chi connectivity index (χ1) is 7.27. The Balaban J connectivity index is 1.86. The number of rotatable bonds is 0. The van der Waals surface area contributed by atoms with Crippen LogP contribution in [0.4, 0.5) is 4.79 Å². The molecule has 2 fully saturated rings. The normalized spacial score (nSPS) is 23.1. The molecule has 0 aromatic heterocycles. The summed E-state index contributed by atoms with van der Waals surface area (Å²) in [6.45, 7) is 7.62. The molecule has 0 saturated carbocycles. The second kappa shape index (κ2) is 4.69. The molecule has 2 rings (SSSR count). The molecule has 2 heterocycles. The quantitative estimate of drug-likeness (QED) is 0.560. The molecule has 2 aliphatic rings. The van der Waals surface area contributed by atoms with Crippen molar-refractivity contribution in [3.05, 3.63) is 12.2 Å². The van der Waals surface area contributed by atoms with Crippen LogP contribution in [0, 0.1) is 0 Å². The SMILES string of the molecule is C=C1CCN(C(=O)N2CCCCC2)CC1. The van der Waals surface area contributed by atoms with Crippen molar-refractivity contribution in [2.24, 2.45) is 0 Å². The Morgan fingerprint density at radius 1 is 0.933 bits per heavy atom. The van der Waals surface area contributed by atoms with Crippen LogP contribution in [0.5, 0.6) is 0 Å². The van der Waals surface area contributed by atoms with Crippen LogP contribution in [0.25, 0.3) is 0 Å². The van der Waals surface area contributed by atoms with Gasteiger partial charge >= 0.3 is 6.03 Å². The lowest BCUT2D eigenvalue weighted by molar-refractivity contribution is 0.140. The predicted octanol–water partition coefficient (Wildman–Crippen LogP) is 2.24. The molecule has 0 radical (unpaired) electrons. The molecule has 0 spiro atoms. The van der Waals surface area contributed by atoms with Gasteiger partial charge in [-0.2, -0.15) is 0 Å². The van der Waals surface area contributed by atoms with E-state index in [1.165, 1.54) is 24.8 Å². The molecule has 0 aromatic carbocycles. The minimum absolute atomic E-state index is 0.252. The Bertz CT molecular complexity index is 246. The van der Waals surface area contributed by atoms with E-state index < -0.39 is 0 Å². The summed E-state index contributed by atoms with van der Waals surface area (Å²) in [7, 11) is 0. The molecular formula is C12H20N2O. The predicted molar refractivity (Wildman–Crippen MR) is 60.8 cm³/mol. The Morgan fingerprint density at radius 2 is 1.47 bits per heavy atom. The number of carbonyl (C=O) groups excluding carboxylic acids is 1. The first kappa shape index (κ1) is 10.5. The van der Waals surface area contributed by atoms with E-state index in [2.05, 4.69) is 6.58 Å². The Morgan fingerprint density at radius 3 is 2.07 bits per heavy atom. The van der Waals surface area contributed by atoms with Gasteiger partial charge in [-0.05, 0) is 32.1 Å². The Kier molecular flexibility index (Phi) is 3.29. The van der Waals surface area contributed by atoms with E-state index in [1.807, 2.05) is 9.80 Å². The summed E-state index contributed by atoms with van der Waals surface area (Å²) in [5, 5.41) is 0. The van der Waals surface area contributed by atoms with Crippen LogP contribution < -0.4 is 0 Å². The van der Waals surface area contributed by atoms with E-state index in [4.69, 9.17) is 0 Å². The lowest BCUT2D eigenvalue weighted by Crippen LogP contribution is -2.47. The molecule has 0 atom stereocenters. The molecular weight excluding hydrogens is 188 g/mol. The third-order valence-electron chi connectivity index (χ3n) is 3.37. The number of hydrogen-bond donors (Lipinski definition) is 0. The van der Waals surface area contributed by atoms with Gasteiger partial charge in [0, 0.05) is 26.2 Å². The summed E-state index contributed by atoms with van der Waals surface area (Å²) in [5.74, 6) is 0. The van der Waals surface area contributed by atoms with Crippen LogP contribution in [-0.2, 0) is 0 Å². The van der Waals surface area contributed by atoms with Gasteiger partial charge in [0.15, 0.2) is 0 Å².